The van der Waals surface area contributed by atoms with Crippen LogP contribution in [0.2, 0.25) is 0 Å². The zero-order valence-corrected chi connectivity index (χ0v) is 17.9. The Morgan fingerprint density at radius 1 is 1.11 bits per heavy atom. The van der Waals surface area contributed by atoms with Gasteiger partial charge < -0.3 is 9.30 Å². The molecule has 5 heteroatoms. The maximum Gasteiger partial charge on any atom is 0.355 e. The Balaban J connectivity index is 0.00000122. The van der Waals surface area contributed by atoms with Crippen molar-refractivity contribution in [2.45, 2.75) is 48.0 Å². The van der Waals surface area contributed by atoms with Gasteiger partial charge in [-0.05, 0) is 12.5 Å². The van der Waals surface area contributed by atoms with E-state index in [-0.39, 0.29) is 12.4 Å². The van der Waals surface area contributed by atoms with Gasteiger partial charge in [0, 0.05) is 29.8 Å². The quantitative estimate of drug-likeness (QED) is 0.525. The molecule has 0 saturated carbocycles. The molecule has 0 aliphatic carbocycles. The van der Waals surface area contributed by atoms with Crippen LogP contribution in [-0.2, 0) is 11.8 Å². The number of aryl methyl sites for hydroxylation is 1. The van der Waals surface area contributed by atoms with E-state index in [0.717, 1.165) is 0 Å². The fourth-order valence-corrected chi connectivity index (χ4v) is 2.67. The minimum absolute atomic E-state index is 0.0400. The summed E-state index contributed by atoms with van der Waals surface area (Å²) in [4.78, 5) is 24.7. The molecular formula is C23H30N2O3. The van der Waals surface area contributed by atoms with Gasteiger partial charge in [0.25, 0.3) is 0 Å². The Kier molecular flexibility index (Phi) is 8.18. The van der Waals surface area contributed by atoms with Gasteiger partial charge >= 0.3 is 5.97 Å². The highest BCUT2D eigenvalue weighted by molar-refractivity contribution is 6.01. The summed E-state index contributed by atoms with van der Waals surface area (Å²) >= 11 is 0. The summed E-state index contributed by atoms with van der Waals surface area (Å²) in [6.45, 7) is 11.8. The fourth-order valence-electron chi connectivity index (χ4n) is 2.67. The molecule has 0 fully saturated rings. The number of hydrogen-bond donors (Lipinski definition) is 0. The molecule has 0 N–H and O–H groups in total. The average molecular weight is 383 g/mol. The SMILES string of the molecule is CCC.CCOC(=O)c1c(-c2ccc(C(=O)C(C)(C)C)cc2)c(C#N)cn1C. The highest BCUT2D eigenvalue weighted by atomic mass is 16.5. The third-order valence-corrected chi connectivity index (χ3v) is 3.89. The van der Waals surface area contributed by atoms with E-state index in [1.807, 2.05) is 20.8 Å². The van der Waals surface area contributed by atoms with Gasteiger partial charge in [-0.15, -0.1) is 0 Å². The smallest absolute Gasteiger partial charge is 0.355 e. The summed E-state index contributed by atoms with van der Waals surface area (Å²) < 4.78 is 6.71. The fraction of sp³-hybridized carbons (Fsp3) is 0.435. The van der Waals surface area contributed by atoms with Crippen LogP contribution in [0.1, 0.15) is 74.4 Å². The Morgan fingerprint density at radius 3 is 2.07 bits per heavy atom. The van der Waals surface area contributed by atoms with Crippen molar-refractivity contribution >= 4 is 11.8 Å². The summed E-state index contributed by atoms with van der Waals surface area (Å²) in [5, 5.41) is 9.41. The van der Waals surface area contributed by atoms with Crippen molar-refractivity contribution in [2.24, 2.45) is 12.5 Å². The Bertz CT molecular complexity index is 863. The monoisotopic (exact) mass is 382 g/mol. The first-order valence-corrected chi connectivity index (χ1v) is 9.54. The van der Waals surface area contributed by atoms with Crippen LogP contribution < -0.4 is 0 Å². The van der Waals surface area contributed by atoms with Crippen LogP contribution in [0.15, 0.2) is 30.5 Å². The van der Waals surface area contributed by atoms with Gasteiger partial charge in [0.05, 0.1) is 12.2 Å². The van der Waals surface area contributed by atoms with Crippen LogP contribution in [0, 0.1) is 16.7 Å². The molecule has 2 aromatic rings. The number of nitriles is 1. The van der Waals surface area contributed by atoms with Gasteiger partial charge in [-0.25, -0.2) is 4.79 Å². The van der Waals surface area contributed by atoms with E-state index >= 15 is 0 Å². The summed E-state index contributed by atoms with van der Waals surface area (Å²) in [7, 11) is 1.70. The van der Waals surface area contributed by atoms with Crippen LogP contribution in [0.5, 0.6) is 0 Å². The van der Waals surface area contributed by atoms with E-state index in [4.69, 9.17) is 4.74 Å². The largest absolute Gasteiger partial charge is 0.461 e. The number of aromatic nitrogens is 1. The Morgan fingerprint density at radius 2 is 1.64 bits per heavy atom. The van der Waals surface area contributed by atoms with Crippen molar-refractivity contribution < 1.29 is 14.3 Å². The molecule has 1 aromatic carbocycles. The Labute approximate surface area is 167 Å². The van der Waals surface area contributed by atoms with Crippen LogP contribution in [-0.4, -0.2) is 22.9 Å². The Hall–Kier alpha value is -2.87. The van der Waals surface area contributed by atoms with Crippen molar-refractivity contribution in [3.05, 3.63) is 47.3 Å². The first kappa shape index (κ1) is 23.2. The summed E-state index contributed by atoms with van der Waals surface area (Å²) in [5.41, 5.74) is 2.07. The zero-order chi connectivity index (χ0) is 21.5. The molecule has 1 aromatic heterocycles. The summed E-state index contributed by atoms with van der Waals surface area (Å²) in [6.07, 6.45) is 2.86. The van der Waals surface area contributed by atoms with E-state index in [2.05, 4.69) is 19.9 Å². The summed E-state index contributed by atoms with van der Waals surface area (Å²) in [6, 6.07) is 9.10. The van der Waals surface area contributed by atoms with Crippen LogP contribution in [0.4, 0.5) is 0 Å². The highest BCUT2D eigenvalue weighted by Gasteiger charge is 2.25. The van der Waals surface area contributed by atoms with Crippen molar-refractivity contribution in [2.75, 3.05) is 6.61 Å². The predicted molar refractivity (Wildman–Crippen MR) is 111 cm³/mol. The van der Waals surface area contributed by atoms with Gasteiger partial charge in [0.1, 0.15) is 11.8 Å². The van der Waals surface area contributed by atoms with E-state index in [1.165, 1.54) is 6.42 Å². The number of carbonyl (C=O) groups excluding carboxylic acids is 2. The van der Waals surface area contributed by atoms with Gasteiger partial charge in [0.2, 0.25) is 0 Å². The third kappa shape index (κ3) is 5.32. The van der Waals surface area contributed by atoms with E-state index in [9.17, 15) is 14.9 Å². The average Bonchev–Trinajstić information content (AvgIpc) is 2.97. The highest BCUT2D eigenvalue weighted by Crippen LogP contribution is 2.31. The molecule has 0 radical (unpaired) electrons. The minimum Gasteiger partial charge on any atom is -0.461 e. The number of rotatable bonds is 4. The lowest BCUT2D eigenvalue weighted by Crippen LogP contribution is -2.20. The molecule has 28 heavy (non-hydrogen) atoms. The minimum atomic E-state index is -0.476. The number of ether oxygens (including phenoxy) is 1. The number of benzene rings is 1. The number of carbonyl (C=O) groups is 2. The molecular weight excluding hydrogens is 352 g/mol. The number of esters is 1. The zero-order valence-electron chi connectivity index (χ0n) is 17.9. The maximum absolute atomic E-state index is 12.4. The molecule has 0 atom stereocenters. The number of hydrogen-bond acceptors (Lipinski definition) is 4. The van der Waals surface area contributed by atoms with E-state index in [0.29, 0.717) is 27.9 Å². The molecule has 1 heterocycles. The van der Waals surface area contributed by atoms with Crippen LogP contribution in [0.25, 0.3) is 11.1 Å². The van der Waals surface area contributed by atoms with E-state index < -0.39 is 11.4 Å². The van der Waals surface area contributed by atoms with Gasteiger partial charge in [-0.1, -0.05) is 65.3 Å². The van der Waals surface area contributed by atoms with Crippen LogP contribution in [0.3, 0.4) is 0 Å². The molecule has 0 unspecified atom stereocenters. The molecule has 0 aliphatic heterocycles. The third-order valence-electron chi connectivity index (χ3n) is 3.89. The predicted octanol–water partition coefficient (Wildman–Crippen LogP) is 5.39. The number of Topliss-reactive ketones (excluding diaryl/α,β-unsaturated/α-hetero) is 1. The first-order chi connectivity index (χ1) is 13.1. The van der Waals surface area contributed by atoms with Crippen molar-refractivity contribution in [1.82, 2.24) is 4.57 Å². The maximum atomic E-state index is 12.4. The second-order valence-electron chi connectivity index (χ2n) is 7.57. The van der Waals surface area contributed by atoms with Crippen molar-refractivity contribution in [3.63, 3.8) is 0 Å². The first-order valence-electron chi connectivity index (χ1n) is 9.54. The molecule has 0 amide bonds. The molecule has 5 nitrogen and oxygen atoms in total. The van der Waals surface area contributed by atoms with Gasteiger partial charge in [0.15, 0.2) is 5.78 Å². The molecule has 0 bridgehead atoms. The molecule has 2 rings (SSSR count). The normalized spacial score (nSPS) is 10.5. The second kappa shape index (κ2) is 9.89. The van der Waals surface area contributed by atoms with Crippen LogP contribution >= 0.6 is 0 Å². The topological polar surface area (TPSA) is 72.1 Å². The molecule has 0 saturated heterocycles. The standard InChI is InChI=1S/C20H22N2O3.C3H8/c1-6-25-19(24)17-16(15(11-21)12-22(17)5)13-7-9-14(10-8-13)18(23)20(2,3)4;1-3-2/h7-10,12H,6H2,1-5H3;3H2,1-2H3. The molecule has 0 aliphatic rings. The van der Waals surface area contributed by atoms with Gasteiger partial charge in [-0.2, -0.15) is 5.26 Å². The van der Waals surface area contributed by atoms with E-state index in [1.54, 1.807) is 49.0 Å². The lowest BCUT2D eigenvalue weighted by atomic mass is 9.86. The lowest BCUT2D eigenvalue weighted by Gasteiger charge is -2.16. The van der Waals surface area contributed by atoms with Crippen molar-refractivity contribution in [3.8, 4) is 17.2 Å². The number of ketones is 1. The lowest BCUT2D eigenvalue weighted by molar-refractivity contribution is 0.0516. The summed E-state index contributed by atoms with van der Waals surface area (Å²) in [5.74, 6) is -0.436. The molecule has 150 valence electrons. The van der Waals surface area contributed by atoms with Gasteiger partial charge in [-0.3, -0.25) is 4.79 Å². The van der Waals surface area contributed by atoms with Crippen molar-refractivity contribution in [1.29, 1.82) is 5.26 Å². The second-order valence-corrected chi connectivity index (χ2v) is 7.57. The number of nitrogens with zero attached hydrogens (tertiary/aromatic N) is 2. The molecule has 0 spiro atoms.